The van der Waals surface area contributed by atoms with Gasteiger partial charge in [0.15, 0.2) is 0 Å². The van der Waals surface area contributed by atoms with Gasteiger partial charge in [0.25, 0.3) is 5.91 Å². The zero-order valence-electron chi connectivity index (χ0n) is 11.2. The fourth-order valence-corrected chi connectivity index (χ4v) is 2.11. The summed E-state index contributed by atoms with van der Waals surface area (Å²) in [5.74, 6) is -0.448. The van der Waals surface area contributed by atoms with E-state index in [4.69, 9.17) is 16.0 Å². The van der Waals surface area contributed by atoms with Crippen molar-refractivity contribution >= 4 is 34.2 Å². The van der Waals surface area contributed by atoms with Gasteiger partial charge < -0.3 is 14.8 Å². The summed E-state index contributed by atoms with van der Waals surface area (Å²) in [4.78, 5) is 24.0. The van der Waals surface area contributed by atoms with Gasteiger partial charge in [-0.2, -0.15) is 0 Å². The number of aromatic hydroxyl groups is 1. The predicted molar refractivity (Wildman–Crippen MR) is 83.6 cm³/mol. The van der Waals surface area contributed by atoms with Crippen molar-refractivity contribution < 1.29 is 14.3 Å². The number of carbonyl (C=O) groups excluding carboxylic acids is 1. The van der Waals surface area contributed by atoms with Gasteiger partial charge in [0.1, 0.15) is 17.0 Å². The Kier molecular flexibility index (Phi) is 3.56. The molecule has 0 radical (unpaired) electrons. The van der Waals surface area contributed by atoms with Crippen molar-refractivity contribution in [3.63, 3.8) is 0 Å². The predicted octanol–water partition coefficient (Wildman–Crippen LogP) is 3.40. The van der Waals surface area contributed by atoms with E-state index in [2.05, 4.69) is 5.32 Å². The minimum absolute atomic E-state index is 0.00593. The first-order chi connectivity index (χ1) is 10.5. The van der Waals surface area contributed by atoms with Crippen LogP contribution in [0.1, 0.15) is 10.4 Å². The quantitative estimate of drug-likeness (QED) is 0.710. The Morgan fingerprint density at radius 1 is 1.09 bits per heavy atom. The smallest absolute Gasteiger partial charge is 0.360 e. The highest BCUT2D eigenvalue weighted by molar-refractivity contribution is 6.30. The molecule has 6 heteroatoms. The molecule has 3 rings (SSSR count). The Balaban J connectivity index is 1.95. The van der Waals surface area contributed by atoms with Gasteiger partial charge in [-0.15, -0.1) is 0 Å². The van der Waals surface area contributed by atoms with E-state index in [9.17, 15) is 14.7 Å². The van der Waals surface area contributed by atoms with Gasteiger partial charge in [-0.25, -0.2) is 4.79 Å². The van der Waals surface area contributed by atoms with Crippen molar-refractivity contribution in [1.29, 1.82) is 0 Å². The van der Waals surface area contributed by atoms with Crippen LogP contribution in [0.25, 0.3) is 11.0 Å². The van der Waals surface area contributed by atoms with Gasteiger partial charge in [0.05, 0.1) is 0 Å². The molecule has 0 atom stereocenters. The minimum Gasteiger partial charge on any atom is -0.508 e. The number of benzene rings is 2. The molecule has 5 nitrogen and oxygen atoms in total. The third-order valence-corrected chi connectivity index (χ3v) is 3.33. The van der Waals surface area contributed by atoms with Crippen molar-refractivity contribution in [2.24, 2.45) is 0 Å². The van der Waals surface area contributed by atoms with Crippen LogP contribution in [0.2, 0.25) is 5.02 Å². The third kappa shape index (κ3) is 2.80. The summed E-state index contributed by atoms with van der Waals surface area (Å²) < 4.78 is 5.08. The van der Waals surface area contributed by atoms with E-state index in [1.165, 1.54) is 18.2 Å². The molecule has 0 aliphatic heterocycles. The van der Waals surface area contributed by atoms with Crippen LogP contribution >= 0.6 is 11.6 Å². The van der Waals surface area contributed by atoms with E-state index >= 15 is 0 Å². The molecule has 2 aromatic carbocycles. The monoisotopic (exact) mass is 315 g/mol. The standard InChI is InChI=1S/C16H10ClNO4/c17-11-4-1-9(2-5-11)15(20)18-13-7-10-3-6-12(19)8-14(10)22-16(13)21/h1-8,19H,(H,18,20). The zero-order valence-corrected chi connectivity index (χ0v) is 11.9. The van der Waals surface area contributed by atoms with Crippen molar-refractivity contribution in [1.82, 2.24) is 0 Å². The normalized spacial score (nSPS) is 10.6. The molecule has 22 heavy (non-hydrogen) atoms. The Morgan fingerprint density at radius 2 is 1.82 bits per heavy atom. The lowest BCUT2D eigenvalue weighted by Crippen LogP contribution is -2.17. The molecule has 3 aromatic rings. The van der Waals surface area contributed by atoms with Crippen LogP contribution in [0, 0.1) is 0 Å². The molecule has 0 bridgehead atoms. The molecule has 0 saturated heterocycles. The maximum Gasteiger partial charge on any atom is 0.360 e. The number of nitrogens with one attached hydrogen (secondary N) is 1. The number of rotatable bonds is 2. The largest absolute Gasteiger partial charge is 0.508 e. The number of hydrogen-bond acceptors (Lipinski definition) is 4. The molecule has 0 aliphatic carbocycles. The molecule has 1 heterocycles. The number of halogens is 1. The number of phenolic OH excluding ortho intramolecular Hbond substituents is 1. The average Bonchev–Trinajstić information content (AvgIpc) is 2.49. The Labute approximate surface area is 129 Å². The van der Waals surface area contributed by atoms with E-state index in [-0.39, 0.29) is 17.0 Å². The van der Waals surface area contributed by atoms with Gasteiger partial charge in [-0.3, -0.25) is 4.79 Å². The lowest BCUT2D eigenvalue weighted by atomic mass is 10.2. The Morgan fingerprint density at radius 3 is 2.55 bits per heavy atom. The lowest BCUT2D eigenvalue weighted by Gasteiger charge is -2.05. The highest BCUT2D eigenvalue weighted by atomic mass is 35.5. The molecule has 0 aliphatic rings. The van der Waals surface area contributed by atoms with Crippen molar-refractivity contribution in [3.05, 3.63) is 69.5 Å². The SMILES string of the molecule is O=C(Nc1cc2ccc(O)cc2oc1=O)c1ccc(Cl)cc1. The molecule has 1 aromatic heterocycles. The maximum atomic E-state index is 12.1. The van der Waals surface area contributed by atoms with Crippen LogP contribution in [0.15, 0.2) is 57.7 Å². The maximum absolute atomic E-state index is 12.1. The molecular formula is C16H10ClNO4. The van der Waals surface area contributed by atoms with Crippen LogP contribution in [-0.2, 0) is 0 Å². The van der Waals surface area contributed by atoms with E-state index in [0.29, 0.717) is 16.0 Å². The van der Waals surface area contributed by atoms with Gasteiger partial charge in [0, 0.05) is 22.0 Å². The van der Waals surface area contributed by atoms with Crippen LogP contribution in [0.5, 0.6) is 5.75 Å². The average molecular weight is 316 g/mol. The molecule has 0 unspecified atom stereocenters. The van der Waals surface area contributed by atoms with Crippen LogP contribution in [-0.4, -0.2) is 11.0 Å². The number of phenols is 1. The molecule has 1 amide bonds. The summed E-state index contributed by atoms with van der Waals surface area (Å²) in [5, 5.41) is 13.0. The summed E-state index contributed by atoms with van der Waals surface area (Å²) in [7, 11) is 0. The van der Waals surface area contributed by atoms with Crippen LogP contribution < -0.4 is 10.9 Å². The number of anilines is 1. The summed E-state index contributed by atoms with van der Waals surface area (Å²) in [6.07, 6.45) is 0. The first-order valence-corrected chi connectivity index (χ1v) is 6.74. The summed E-state index contributed by atoms with van der Waals surface area (Å²) >= 11 is 5.76. The van der Waals surface area contributed by atoms with E-state index in [0.717, 1.165) is 0 Å². The van der Waals surface area contributed by atoms with Gasteiger partial charge in [0.2, 0.25) is 0 Å². The summed E-state index contributed by atoms with van der Waals surface area (Å²) in [6, 6.07) is 12.2. The molecule has 0 spiro atoms. The fraction of sp³-hybridized carbons (Fsp3) is 0. The van der Waals surface area contributed by atoms with E-state index in [1.807, 2.05) is 0 Å². The molecule has 0 fully saturated rings. The summed E-state index contributed by atoms with van der Waals surface area (Å²) in [6.45, 7) is 0. The molecule has 0 saturated carbocycles. The lowest BCUT2D eigenvalue weighted by molar-refractivity contribution is 0.102. The van der Waals surface area contributed by atoms with Gasteiger partial charge >= 0.3 is 5.63 Å². The number of amides is 1. The second-order valence-electron chi connectivity index (χ2n) is 4.63. The van der Waals surface area contributed by atoms with Crippen molar-refractivity contribution in [2.45, 2.75) is 0 Å². The van der Waals surface area contributed by atoms with E-state index < -0.39 is 11.5 Å². The second-order valence-corrected chi connectivity index (χ2v) is 5.07. The molecular weight excluding hydrogens is 306 g/mol. The number of hydrogen-bond donors (Lipinski definition) is 2. The summed E-state index contributed by atoms with van der Waals surface area (Å²) in [5.41, 5.74) is -0.0531. The first-order valence-electron chi connectivity index (χ1n) is 6.37. The van der Waals surface area contributed by atoms with E-state index in [1.54, 1.807) is 30.3 Å². The topological polar surface area (TPSA) is 79.5 Å². The third-order valence-electron chi connectivity index (χ3n) is 3.07. The number of carbonyl (C=O) groups is 1. The Hall–Kier alpha value is -2.79. The first kappa shape index (κ1) is 14.2. The molecule has 2 N–H and O–H groups in total. The number of fused-ring (bicyclic) bond motifs is 1. The molecule has 110 valence electrons. The fourth-order valence-electron chi connectivity index (χ4n) is 1.98. The van der Waals surface area contributed by atoms with Crippen LogP contribution in [0.3, 0.4) is 0 Å². The van der Waals surface area contributed by atoms with Gasteiger partial charge in [-0.05, 0) is 42.5 Å². The second kappa shape index (κ2) is 5.54. The van der Waals surface area contributed by atoms with Crippen molar-refractivity contribution in [3.8, 4) is 5.75 Å². The Bertz CT molecular complexity index is 916. The highest BCUT2D eigenvalue weighted by Gasteiger charge is 2.11. The minimum atomic E-state index is -0.694. The highest BCUT2D eigenvalue weighted by Crippen LogP contribution is 2.21. The van der Waals surface area contributed by atoms with Crippen LogP contribution in [0.4, 0.5) is 5.69 Å². The van der Waals surface area contributed by atoms with Crippen molar-refractivity contribution in [2.75, 3.05) is 5.32 Å². The van der Waals surface area contributed by atoms with Gasteiger partial charge in [-0.1, -0.05) is 11.6 Å². The zero-order chi connectivity index (χ0) is 15.7.